The molecule has 1 rings (SSSR count). The molecule has 0 spiro atoms. The van der Waals surface area contributed by atoms with Crippen molar-refractivity contribution >= 4 is 17.7 Å². The molecule has 0 fully saturated rings. The summed E-state index contributed by atoms with van der Waals surface area (Å²) in [5.41, 5.74) is 6.62. The van der Waals surface area contributed by atoms with Crippen molar-refractivity contribution in [2.24, 2.45) is 0 Å². The lowest BCUT2D eigenvalue weighted by Crippen LogP contribution is -1.90. The summed E-state index contributed by atoms with van der Waals surface area (Å²) in [4.78, 5) is 0. The predicted molar refractivity (Wildman–Crippen MR) is 69.6 cm³/mol. The van der Waals surface area contributed by atoms with Crippen LogP contribution in [-0.4, -0.2) is 5.88 Å². The van der Waals surface area contributed by atoms with Gasteiger partial charge in [-0.25, -0.2) is 0 Å². The average molecular weight is 223 g/mol. The van der Waals surface area contributed by atoms with Crippen molar-refractivity contribution in [3.8, 4) is 0 Å². The average Bonchev–Trinajstić information content (AvgIpc) is 2.21. The van der Waals surface area contributed by atoms with Crippen LogP contribution < -0.4 is 0 Å². The fourth-order valence-electron chi connectivity index (χ4n) is 1.59. The van der Waals surface area contributed by atoms with E-state index in [2.05, 4.69) is 45.9 Å². The second-order valence-electron chi connectivity index (χ2n) is 4.08. The summed E-state index contributed by atoms with van der Waals surface area (Å²) < 4.78 is 0. The molecule has 0 bridgehead atoms. The van der Waals surface area contributed by atoms with Crippen LogP contribution in [0.4, 0.5) is 0 Å². The molecule has 82 valence electrons. The smallest absolute Gasteiger partial charge is 0.0436 e. The molecular weight excluding hydrogens is 204 g/mol. The number of halogens is 1. The lowest BCUT2D eigenvalue weighted by Gasteiger charge is -2.08. The van der Waals surface area contributed by atoms with E-state index in [9.17, 15) is 0 Å². The first-order chi connectivity index (χ1) is 7.08. The number of benzene rings is 1. The molecular formula is C14H19Cl. The zero-order chi connectivity index (χ0) is 11.4. The fourth-order valence-corrected chi connectivity index (χ4v) is 1.86. The molecule has 0 saturated carbocycles. The molecule has 0 aliphatic rings. The van der Waals surface area contributed by atoms with Crippen molar-refractivity contribution in [2.45, 2.75) is 34.1 Å². The number of hydrogen-bond acceptors (Lipinski definition) is 0. The van der Waals surface area contributed by atoms with Crippen molar-refractivity contribution in [3.63, 3.8) is 0 Å². The largest absolute Gasteiger partial charge is 0.122 e. The summed E-state index contributed by atoms with van der Waals surface area (Å²) in [6.45, 7) is 8.60. The van der Waals surface area contributed by atoms with Gasteiger partial charge in [0.25, 0.3) is 0 Å². The molecule has 0 amide bonds. The zero-order valence-electron chi connectivity index (χ0n) is 10.0. The normalized spacial score (nSPS) is 11.9. The van der Waals surface area contributed by atoms with Crippen LogP contribution in [0.1, 0.15) is 35.6 Å². The molecule has 0 radical (unpaired) electrons. The summed E-state index contributed by atoms with van der Waals surface area (Å²) in [5, 5.41) is 0. The molecule has 0 heterocycles. The molecule has 1 heteroatoms. The molecule has 1 aromatic rings. The highest BCUT2D eigenvalue weighted by molar-refractivity contribution is 6.19. The number of hydrogen-bond donors (Lipinski definition) is 0. The van der Waals surface area contributed by atoms with Crippen molar-refractivity contribution in [1.29, 1.82) is 0 Å². The molecule has 0 saturated heterocycles. The van der Waals surface area contributed by atoms with Crippen LogP contribution in [-0.2, 0) is 0 Å². The Labute approximate surface area is 98.0 Å². The van der Waals surface area contributed by atoms with Gasteiger partial charge in [0.1, 0.15) is 0 Å². The molecule has 0 aliphatic carbocycles. The minimum absolute atomic E-state index is 0.628. The second-order valence-corrected chi connectivity index (χ2v) is 4.35. The second kappa shape index (κ2) is 5.37. The van der Waals surface area contributed by atoms with Crippen LogP contribution in [0.5, 0.6) is 0 Å². The number of allylic oxidation sites excluding steroid dienone is 1. The zero-order valence-corrected chi connectivity index (χ0v) is 10.8. The SMILES string of the molecule is CC/C(=C/c1cc(C)c(C)cc1C)CCl. The van der Waals surface area contributed by atoms with E-state index in [0.29, 0.717) is 5.88 Å². The predicted octanol–water partition coefficient (Wildman–Crippen LogP) is 4.64. The van der Waals surface area contributed by atoms with E-state index in [1.165, 1.54) is 27.8 Å². The van der Waals surface area contributed by atoms with E-state index in [1.807, 2.05) is 0 Å². The van der Waals surface area contributed by atoms with Gasteiger partial charge < -0.3 is 0 Å². The number of alkyl halides is 1. The topological polar surface area (TPSA) is 0 Å². The minimum Gasteiger partial charge on any atom is -0.122 e. The van der Waals surface area contributed by atoms with Crippen LogP contribution in [0.3, 0.4) is 0 Å². The first-order valence-corrected chi connectivity index (χ1v) is 5.95. The van der Waals surface area contributed by atoms with Crippen LogP contribution in [0.25, 0.3) is 6.08 Å². The molecule has 1 aromatic carbocycles. The summed E-state index contributed by atoms with van der Waals surface area (Å²) in [7, 11) is 0. The minimum atomic E-state index is 0.628. The molecule has 0 unspecified atom stereocenters. The van der Waals surface area contributed by atoms with Gasteiger partial charge in [-0.1, -0.05) is 30.7 Å². The molecule has 15 heavy (non-hydrogen) atoms. The first-order valence-electron chi connectivity index (χ1n) is 5.41. The van der Waals surface area contributed by atoms with Crippen LogP contribution >= 0.6 is 11.6 Å². The van der Waals surface area contributed by atoms with Gasteiger partial charge in [0.15, 0.2) is 0 Å². The van der Waals surface area contributed by atoms with E-state index >= 15 is 0 Å². The van der Waals surface area contributed by atoms with E-state index in [-0.39, 0.29) is 0 Å². The highest BCUT2D eigenvalue weighted by atomic mass is 35.5. The lowest BCUT2D eigenvalue weighted by atomic mass is 9.99. The van der Waals surface area contributed by atoms with E-state index in [4.69, 9.17) is 11.6 Å². The Balaban J connectivity index is 3.15. The summed E-state index contributed by atoms with van der Waals surface area (Å²) in [5.74, 6) is 0.628. The Morgan fingerprint density at radius 3 is 2.27 bits per heavy atom. The van der Waals surface area contributed by atoms with E-state index in [1.54, 1.807) is 0 Å². The maximum absolute atomic E-state index is 5.87. The standard InChI is InChI=1S/C14H19Cl/c1-5-13(9-15)8-14-7-11(3)10(2)6-12(14)4/h6-8H,5,9H2,1-4H3/b13-8-. The maximum Gasteiger partial charge on any atom is 0.0436 e. The first kappa shape index (κ1) is 12.3. The molecule has 0 N–H and O–H groups in total. The summed E-state index contributed by atoms with van der Waals surface area (Å²) >= 11 is 5.87. The van der Waals surface area contributed by atoms with E-state index < -0.39 is 0 Å². The van der Waals surface area contributed by atoms with E-state index in [0.717, 1.165) is 6.42 Å². The van der Waals surface area contributed by atoms with Gasteiger partial charge in [-0.2, -0.15) is 0 Å². The molecule has 0 aromatic heterocycles. The van der Waals surface area contributed by atoms with Crippen LogP contribution in [0, 0.1) is 20.8 Å². The quantitative estimate of drug-likeness (QED) is 0.654. The number of rotatable bonds is 3. The number of aryl methyl sites for hydroxylation is 3. The van der Waals surface area contributed by atoms with Gasteiger partial charge in [0.2, 0.25) is 0 Å². The Hall–Kier alpha value is -0.750. The Bertz CT molecular complexity index is 369. The van der Waals surface area contributed by atoms with Gasteiger partial charge >= 0.3 is 0 Å². The highest BCUT2D eigenvalue weighted by Gasteiger charge is 2.00. The van der Waals surface area contributed by atoms with Crippen LogP contribution in [0.2, 0.25) is 0 Å². The molecule has 0 atom stereocenters. The Morgan fingerprint density at radius 2 is 1.73 bits per heavy atom. The Morgan fingerprint density at radius 1 is 1.13 bits per heavy atom. The third kappa shape index (κ3) is 3.10. The third-order valence-corrected chi connectivity index (χ3v) is 3.21. The van der Waals surface area contributed by atoms with Gasteiger partial charge in [0, 0.05) is 5.88 Å². The van der Waals surface area contributed by atoms with Crippen molar-refractivity contribution in [3.05, 3.63) is 40.0 Å². The Kier molecular flexibility index (Phi) is 4.41. The van der Waals surface area contributed by atoms with Gasteiger partial charge in [0.05, 0.1) is 0 Å². The third-order valence-electron chi connectivity index (χ3n) is 2.87. The maximum atomic E-state index is 5.87. The van der Waals surface area contributed by atoms with Gasteiger partial charge in [-0.15, -0.1) is 11.6 Å². The van der Waals surface area contributed by atoms with Gasteiger partial charge in [-0.05, 0) is 49.4 Å². The van der Waals surface area contributed by atoms with Crippen molar-refractivity contribution in [2.75, 3.05) is 5.88 Å². The van der Waals surface area contributed by atoms with Crippen molar-refractivity contribution < 1.29 is 0 Å². The highest BCUT2D eigenvalue weighted by Crippen LogP contribution is 2.19. The van der Waals surface area contributed by atoms with Crippen molar-refractivity contribution in [1.82, 2.24) is 0 Å². The lowest BCUT2D eigenvalue weighted by molar-refractivity contribution is 1.11. The monoisotopic (exact) mass is 222 g/mol. The summed E-state index contributed by atoms with van der Waals surface area (Å²) in [6.07, 6.45) is 3.24. The van der Waals surface area contributed by atoms with Gasteiger partial charge in [-0.3, -0.25) is 0 Å². The molecule has 0 nitrogen and oxygen atoms in total. The molecule has 0 aliphatic heterocycles. The van der Waals surface area contributed by atoms with Crippen LogP contribution in [0.15, 0.2) is 17.7 Å². The summed E-state index contributed by atoms with van der Waals surface area (Å²) in [6, 6.07) is 4.48. The fraction of sp³-hybridized carbons (Fsp3) is 0.429.